The second kappa shape index (κ2) is 9.87. The molecule has 0 bridgehead atoms. The summed E-state index contributed by atoms with van der Waals surface area (Å²) in [4.78, 5) is 23.2. The third-order valence-electron chi connectivity index (χ3n) is 7.03. The van der Waals surface area contributed by atoms with Gasteiger partial charge in [0, 0.05) is 29.0 Å². The number of piperidine rings is 1. The minimum Gasteiger partial charge on any atom is -0.382 e. The zero-order chi connectivity index (χ0) is 23.5. The SMILES string of the molecule is CCCCC(c1cccc2[nH]c(=O)c(-c3cccc(C(=N)N)n3)cc12)N1C(C)CCCC1C. The van der Waals surface area contributed by atoms with Crippen LogP contribution in [0, 0.1) is 5.41 Å². The Balaban J connectivity index is 1.88. The van der Waals surface area contributed by atoms with E-state index in [4.69, 9.17) is 11.1 Å². The highest BCUT2D eigenvalue weighted by atomic mass is 16.1. The molecule has 1 fully saturated rings. The van der Waals surface area contributed by atoms with Gasteiger partial charge in [0.1, 0.15) is 11.5 Å². The molecule has 1 aromatic carbocycles. The van der Waals surface area contributed by atoms with Gasteiger partial charge in [-0.15, -0.1) is 0 Å². The normalized spacial score (nSPS) is 20.1. The Labute approximate surface area is 195 Å². The molecule has 4 N–H and O–H groups in total. The number of likely N-dealkylation sites (tertiary alicyclic amines) is 1. The topological polar surface area (TPSA) is 98.9 Å². The van der Waals surface area contributed by atoms with Gasteiger partial charge in [-0.2, -0.15) is 0 Å². The van der Waals surface area contributed by atoms with Crippen molar-refractivity contribution in [3.05, 3.63) is 64.1 Å². The van der Waals surface area contributed by atoms with Crippen molar-refractivity contribution in [2.75, 3.05) is 0 Å². The van der Waals surface area contributed by atoms with Crippen LogP contribution in [0.25, 0.3) is 22.2 Å². The van der Waals surface area contributed by atoms with Crippen molar-refractivity contribution in [2.45, 2.75) is 77.4 Å². The number of H-pyrrole nitrogens is 1. The summed E-state index contributed by atoms with van der Waals surface area (Å²) in [7, 11) is 0. The largest absolute Gasteiger partial charge is 0.382 e. The predicted molar refractivity (Wildman–Crippen MR) is 136 cm³/mol. The van der Waals surface area contributed by atoms with Crippen molar-refractivity contribution >= 4 is 16.7 Å². The molecule has 2 aromatic heterocycles. The van der Waals surface area contributed by atoms with E-state index in [0.29, 0.717) is 35.1 Å². The molecule has 1 aliphatic heterocycles. The molecule has 1 saturated heterocycles. The molecule has 174 valence electrons. The molecule has 0 radical (unpaired) electrons. The lowest BCUT2D eigenvalue weighted by atomic mass is 9.88. The number of aromatic nitrogens is 2. The Morgan fingerprint density at radius 2 is 1.94 bits per heavy atom. The maximum absolute atomic E-state index is 13.0. The van der Waals surface area contributed by atoms with Gasteiger partial charge in [-0.3, -0.25) is 15.1 Å². The summed E-state index contributed by atoms with van der Waals surface area (Å²) in [5, 5.41) is 8.77. The molecule has 3 aromatic rings. The number of pyridine rings is 2. The first-order chi connectivity index (χ1) is 15.9. The summed E-state index contributed by atoms with van der Waals surface area (Å²) < 4.78 is 0. The maximum atomic E-state index is 13.0. The standard InChI is InChI=1S/C27H35N5O/c1-4-5-15-25(32-17(2)9-6-10-18(32)3)19-11-7-12-22-20(19)16-21(27(33)31-22)23-13-8-14-24(30-23)26(28)29/h7-8,11-14,16-18,25H,4-6,9-10,15H2,1-3H3,(H3,28,29)(H,31,33). The van der Waals surface area contributed by atoms with E-state index in [1.165, 1.54) is 24.8 Å². The Hall–Kier alpha value is -2.99. The molecule has 0 aliphatic carbocycles. The predicted octanol–water partition coefficient (Wildman–Crippen LogP) is 5.37. The quantitative estimate of drug-likeness (QED) is 0.336. The fourth-order valence-electron chi connectivity index (χ4n) is 5.39. The molecule has 1 aliphatic rings. The van der Waals surface area contributed by atoms with Gasteiger partial charge < -0.3 is 10.7 Å². The van der Waals surface area contributed by atoms with Gasteiger partial charge in [0.15, 0.2) is 0 Å². The van der Waals surface area contributed by atoms with Crippen LogP contribution in [0.5, 0.6) is 0 Å². The summed E-state index contributed by atoms with van der Waals surface area (Å²) in [5.74, 6) is -0.109. The molecule has 3 atom stereocenters. The second-order valence-electron chi connectivity index (χ2n) is 9.38. The van der Waals surface area contributed by atoms with Crippen molar-refractivity contribution < 1.29 is 0 Å². The lowest BCUT2D eigenvalue weighted by Crippen LogP contribution is -2.46. The number of unbranched alkanes of at least 4 members (excludes halogenated alkanes) is 1. The minimum atomic E-state index is -0.183. The van der Waals surface area contributed by atoms with E-state index in [1.807, 2.05) is 12.1 Å². The lowest BCUT2D eigenvalue weighted by Gasteiger charge is -2.45. The molecule has 33 heavy (non-hydrogen) atoms. The van der Waals surface area contributed by atoms with E-state index in [1.54, 1.807) is 18.2 Å². The molecule has 0 saturated carbocycles. The smallest absolute Gasteiger partial charge is 0.257 e. The number of rotatable bonds is 7. The number of benzene rings is 1. The monoisotopic (exact) mass is 445 g/mol. The van der Waals surface area contributed by atoms with E-state index in [2.05, 4.69) is 47.8 Å². The van der Waals surface area contributed by atoms with Crippen LogP contribution in [0.4, 0.5) is 0 Å². The Morgan fingerprint density at radius 3 is 2.64 bits per heavy atom. The average molecular weight is 446 g/mol. The van der Waals surface area contributed by atoms with E-state index in [-0.39, 0.29) is 11.4 Å². The lowest BCUT2D eigenvalue weighted by molar-refractivity contribution is 0.0496. The van der Waals surface area contributed by atoms with Crippen molar-refractivity contribution in [2.24, 2.45) is 5.73 Å². The van der Waals surface area contributed by atoms with Crippen LogP contribution in [0.2, 0.25) is 0 Å². The fraction of sp³-hybridized carbons (Fsp3) is 0.444. The average Bonchev–Trinajstić information content (AvgIpc) is 2.80. The summed E-state index contributed by atoms with van der Waals surface area (Å²) >= 11 is 0. The second-order valence-corrected chi connectivity index (χ2v) is 9.38. The van der Waals surface area contributed by atoms with Gasteiger partial charge in [0.05, 0.1) is 11.3 Å². The highest BCUT2D eigenvalue weighted by molar-refractivity contribution is 5.93. The number of nitrogen functional groups attached to an aromatic ring is 1. The van der Waals surface area contributed by atoms with E-state index in [9.17, 15) is 4.79 Å². The number of fused-ring (bicyclic) bond motifs is 1. The molecule has 3 unspecified atom stereocenters. The van der Waals surface area contributed by atoms with Crippen molar-refractivity contribution in [1.82, 2.24) is 14.9 Å². The first-order valence-electron chi connectivity index (χ1n) is 12.2. The number of aromatic amines is 1. The third kappa shape index (κ3) is 4.71. The summed E-state index contributed by atoms with van der Waals surface area (Å²) in [6.07, 6.45) is 7.14. The van der Waals surface area contributed by atoms with Crippen LogP contribution in [-0.2, 0) is 0 Å². The van der Waals surface area contributed by atoms with E-state index >= 15 is 0 Å². The van der Waals surface area contributed by atoms with Crippen LogP contribution in [0.1, 0.15) is 76.6 Å². The molecule has 6 nitrogen and oxygen atoms in total. The van der Waals surface area contributed by atoms with Crippen LogP contribution in [-0.4, -0.2) is 32.8 Å². The highest BCUT2D eigenvalue weighted by Gasteiger charge is 2.32. The summed E-state index contributed by atoms with van der Waals surface area (Å²) in [6, 6.07) is 14.9. The third-order valence-corrected chi connectivity index (χ3v) is 7.03. The minimum absolute atomic E-state index is 0.109. The molecular weight excluding hydrogens is 410 g/mol. The molecular formula is C27H35N5O. The number of nitrogens with one attached hydrogen (secondary N) is 2. The van der Waals surface area contributed by atoms with Gasteiger partial charge in [0.2, 0.25) is 0 Å². The first kappa shape index (κ1) is 23.2. The van der Waals surface area contributed by atoms with Crippen LogP contribution >= 0.6 is 0 Å². The molecule has 4 rings (SSSR count). The Kier molecular flexibility index (Phi) is 6.94. The Morgan fingerprint density at radius 1 is 1.21 bits per heavy atom. The van der Waals surface area contributed by atoms with Crippen molar-refractivity contribution in [3.8, 4) is 11.3 Å². The van der Waals surface area contributed by atoms with E-state index < -0.39 is 0 Å². The van der Waals surface area contributed by atoms with Gasteiger partial charge in [-0.05, 0) is 62.9 Å². The van der Waals surface area contributed by atoms with E-state index in [0.717, 1.165) is 30.2 Å². The number of hydrogen-bond donors (Lipinski definition) is 3. The fourth-order valence-corrected chi connectivity index (χ4v) is 5.39. The van der Waals surface area contributed by atoms with Crippen LogP contribution in [0.15, 0.2) is 47.3 Å². The summed E-state index contributed by atoms with van der Waals surface area (Å²) in [5.41, 5.74) is 8.98. The van der Waals surface area contributed by atoms with Crippen molar-refractivity contribution in [1.29, 1.82) is 5.41 Å². The zero-order valence-corrected chi connectivity index (χ0v) is 19.9. The van der Waals surface area contributed by atoms with Crippen molar-refractivity contribution in [3.63, 3.8) is 0 Å². The van der Waals surface area contributed by atoms with Crippen LogP contribution < -0.4 is 11.3 Å². The zero-order valence-electron chi connectivity index (χ0n) is 19.9. The van der Waals surface area contributed by atoms with Gasteiger partial charge >= 0.3 is 0 Å². The van der Waals surface area contributed by atoms with Crippen LogP contribution in [0.3, 0.4) is 0 Å². The number of amidine groups is 1. The number of hydrogen-bond acceptors (Lipinski definition) is 4. The van der Waals surface area contributed by atoms with Gasteiger partial charge in [-0.25, -0.2) is 4.98 Å². The Bertz CT molecular complexity index is 1190. The molecule has 6 heteroatoms. The molecule has 0 amide bonds. The molecule has 3 heterocycles. The highest BCUT2D eigenvalue weighted by Crippen LogP contribution is 2.38. The summed E-state index contributed by atoms with van der Waals surface area (Å²) in [6.45, 7) is 6.95. The van der Waals surface area contributed by atoms with Gasteiger partial charge in [0.25, 0.3) is 5.56 Å². The number of nitrogens with two attached hydrogens (primary N) is 1. The number of nitrogens with zero attached hydrogens (tertiary/aromatic N) is 2. The van der Waals surface area contributed by atoms with Gasteiger partial charge in [-0.1, -0.05) is 44.4 Å². The first-order valence-corrected chi connectivity index (χ1v) is 12.2. The molecule has 0 spiro atoms. The maximum Gasteiger partial charge on any atom is 0.257 e.